The van der Waals surface area contributed by atoms with Crippen LogP contribution in [0.4, 0.5) is 4.39 Å². The molecular formula is C19H18FN5O5S. The van der Waals surface area contributed by atoms with Crippen molar-refractivity contribution in [2.45, 2.75) is 5.09 Å². The van der Waals surface area contributed by atoms with Crippen molar-refractivity contribution < 1.29 is 26.8 Å². The number of carbonyl (C=O) groups excluding carboxylic acids is 2. The molecule has 0 unspecified atom stereocenters. The lowest BCUT2D eigenvalue weighted by Gasteiger charge is -2.33. The fourth-order valence-electron chi connectivity index (χ4n) is 3.21. The Morgan fingerprint density at radius 3 is 2.45 bits per heavy atom. The second-order valence-electron chi connectivity index (χ2n) is 6.80. The van der Waals surface area contributed by atoms with Crippen molar-refractivity contribution in [3.8, 4) is 5.69 Å². The number of piperazine rings is 1. The summed E-state index contributed by atoms with van der Waals surface area (Å²) in [6, 6.07) is 9.69. The van der Waals surface area contributed by atoms with Gasteiger partial charge in [0.15, 0.2) is 11.5 Å². The van der Waals surface area contributed by atoms with E-state index in [4.69, 9.17) is 10.2 Å². The highest BCUT2D eigenvalue weighted by atomic mass is 32.2. The van der Waals surface area contributed by atoms with Crippen LogP contribution in [0.15, 0.2) is 58.2 Å². The van der Waals surface area contributed by atoms with E-state index >= 15 is 0 Å². The minimum atomic E-state index is -3.96. The van der Waals surface area contributed by atoms with E-state index in [-0.39, 0.29) is 48.6 Å². The van der Waals surface area contributed by atoms with Crippen LogP contribution in [0.3, 0.4) is 0 Å². The molecule has 0 aliphatic carbocycles. The third-order valence-corrected chi connectivity index (χ3v) is 6.60. The molecule has 31 heavy (non-hydrogen) atoms. The van der Waals surface area contributed by atoms with Gasteiger partial charge in [0.2, 0.25) is 5.09 Å². The summed E-state index contributed by atoms with van der Waals surface area (Å²) in [5.74, 6) is -1.89. The minimum Gasteiger partial charge on any atom is -0.438 e. The molecule has 1 fully saturated rings. The van der Waals surface area contributed by atoms with Gasteiger partial charge in [0, 0.05) is 32.4 Å². The molecule has 0 saturated carbocycles. The molecule has 1 aromatic carbocycles. The zero-order valence-corrected chi connectivity index (χ0v) is 17.0. The number of carbonyl (C=O) groups is 2. The first-order valence-electron chi connectivity index (χ1n) is 9.26. The number of halogens is 1. The summed E-state index contributed by atoms with van der Waals surface area (Å²) in [4.78, 5) is 25.4. The van der Waals surface area contributed by atoms with Crippen LogP contribution in [-0.4, -0.2) is 65.4 Å². The summed E-state index contributed by atoms with van der Waals surface area (Å²) in [5, 5.41) is 3.82. The number of primary amides is 1. The molecule has 1 aliphatic rings. The second-order valence-corrected chi connectivity index (χ2v) is 8.67. The lowest BCUT2D eigenvalue weighted by atomic mass is 10.3. The van der Waals surface area contributed by atoms with Gasteiger partial charge < -0.3 is 15.1 Å². The van der Waals surface area contributed by atoms with Gasteiger partial charge >= 0.3 is 0 Å². The molecule has 0 radical (unpaired) electrons. The van der Waals surface area contributed by atoms with E-state index < -0.39 is 21.7 Å². The van der Waals surface area contributed by atoms with Crippen LogP contribution in [0.25, 0.3) is 5.69 Å². The molecule has 3 heterocycles. The number of nitrogens with zero attached hydrogens (tertiary/aromatic N) is 4. The highest BCUT2D eigenvalue weighted by molar-refractivity contribution is 7.89. The fourth-order valence-corrected chi connectivity index (χ4v) is 4.55. The first-order chi connectivity index (χ1) is 14.8. The number of benzene rings is 1. The van der Waals surface area contributed by atoms with E-state index in [1.807, 2.05) is 0 Å². The van der Waals surface area contributed by atoms with Crippen LogP contribution < -0.4 is 5.73 Å². The van der Waals surface area contributed by atoms with Gasteiger partial charge in [-0.25, -0.2) is 17.5 Å². The molecule has 10 nitrogen and oxygen atoms in total. The molecular weight excluding hydrogens is 429 g/mol. The molecule has 0 bridgehead atoms. The maximum Gasteiger partial charge on any atom is 0.284 e. The molecule has 4 rings (SSSR count). The van der Waals surface area contributed by atoms with E-state index in [2.05, 4.69) is 5.10 Å². The number of nitrogens with two attached hydrogens (primary N) is 1. The van der Waals surface area contributed by atoms with Gasteiger partial charge in [0.1, 0.15) is 5.82 Å². The molecule has 0 atom stereocenters. The first kappa shape index (κ1) is 20.8. The van der Waals surface area contributed by atoms with Crippen molar-refractivity contribution in [1.82, 2.24) is 19.0 Å². The highest BCUT2D eigenvalue weighted by Crippen LogP contribution is 2.21. The Balaban J connectivity index is 1.43. The Morgan fingerprint density at radius 1 is 1.06 bits per heavy atom. The van der Waals surface area contributed by atoms with Gasteiger partial charge in [-0.05, 0) is 36.4 Å². The molecule has 1 saturated heterocycles. The third-order valence-electron chi connectivity index (χ3n) is 4.83. The molecule has 1 aliphatic heterocycles. The lowest BCUT2D eigenvalue weighted by molar-refractivity contribution is 0.0690. The van der Waals surface area contributed by atoms with Crippen LogP contribution in [-0.2, 0) is 10.0 Å². The largest absolute Gasteiger partial charge is 0.438 e. The minimum absolute atomic E-state index is 0.0469. The summed E-state index contributed by atoms with van der Waals surface area (Å²) >= 11 is 0. The van der Waals surface area contributed by atoms with Crippen molar-refractivity contribution in [2.75, 3.05) is 26.2 Å². The summed E-state index contributed by atoms with van der Waals surface area (Å²) in [6.45, 7) is 0.388. The smallest absolute Gasteiger partial charge is 0.284 e. The van der Waals surface area contributed by atoms with Crippen molar-refractivity contribution in [1.29, 1.82) is 0 Å². The first-order valence-corrected chi connectivity index (χ1v) is 10.7. The van der Waals surface area contributed by atoms with Gasteiger partial charge in [-0.15, -0.1) is 0 Å². The normalized spacial score (nSPS) is 15.2. The second kappa shape index (κ2) is 7.96. The Hall–Kier alpha value is -3.51. The van der Waals surface area contributed by atoms with Crippen molar-refractivity contribution in [2.24, 2.45) is 5.73 Å². The van der Waals surface area contributed by atoms with E-state index in [9.17, 15) is 22.4 Å². The number of sulfonamides is 1. The molecule has 2 aromatic heterocycles. The summed E-state index contributed by atoms with van der Waals surface area (Å²) in [6.07, 6.45) is 1.55. The molecule has 0 spiro atoms. The molecule has 12 heteroatoms. The van der Waals surface area contributed by atoms with Gasteiger partial charge in [-0.1, -0.05) is 6.07 Å². The van der Waals surface area contributed by atoms with E-state index in [0.717, 1.165) is 0 Å². The van der Waals surface area contributed by atoms with Gasteiger partial charge in [0.05, 0.1) is 5.69 Å². The number of aromatic nitrogens is 2. The van der Waals surface area contributed by atoms with Crippen LogP contribution in [0.1, 0.15) is 21.0 Å². The highest BCUT2D eigenvalue weighted by Gasteiger charge is 2.33. The number of hydrogen-bond donors (Lipinski definition) is 1. The van der Waals surface area contributed by atoms with Crippen molar-refractivity contribution in [3.05, 3.63) is 65.9 Å². The monoisotopic (exact) mass is 447 g/mol. The van der Waals surface area contributed by atoms with Crippen LogP contribution in [0.5, 0.6) is 0 Å². The van der Waals surface area contributed by atoms with E-state index in [0.29, 0.717) is 5.69 Å². The molecule has 3 aromatic rings. The summed E-state index contributed by atoms with van der Waals surface area (Å²) < 4.78 is 46.4. The predicted molar refractivity (Wildman–Crippen MR) is 105 cm³/mol. The van der Waals surface area contributed by atoms with E-state index in [1.165, 1.54) is 44.2 Å². The average molecular weight is 447 g/mol. The zero-order valence-electron chi connectivity index (χ0n) is 16.1. The van der Waals surface area contributed by atoms with Gasteiger partial charge in [-0.3, -0.25) is 9.59 Å². The Bertz CT molecular complexity index is 1240. The Kier molecular flexibility index (Phi) is 5.33. The fraction of sp³-hybridized carbons (Fsp3) is 0.211. The number of amides is 2. The quantitative estimate of drug-likeness (QED) is 0.617. The number of furan rings is 1. The van der Waals surface area contributed by atoms with Gasteiger partial charge in [0.25, 0.3) is 21.8 Å². The lowest BCUT2D eigenvalue weighted by Crippen LogP contribution is -2.50. The maximum atomic E-state index is 13.4. The average Bonchev–Trinajstić information content (AvgIpc) is 3.44. The predicted octanol–water partition coefficient (Wildman–Crippen LogP) is 0.850. The molecule has 162 valence electrons. The standard InChI is InChI=1S/C19H18FN5O5S/c20-13-2-1-3-14(12-13)25-7-6-15(22-25)19(27)23-8-10-24(11-9-23)31(28,29)17-5-4-16(30-17)18(21)26/h1-7,12H,8-11H2,(H2,21,26). The van der Waals surface area contributed by atoms with Crippen molar-refractivity contribution in [3.63, 3.8) is 0 Å². The number of rotatable bonds is 5. The van der Waals surface area contributed by atoms with Crippen LogP contribution >= 0.6 is 0 Å². The zero-order chi connectivity index (χ0) is 22.2. The topological polar surface area (TPSA) is 132 Å². The Labute approximate surface area is 176 Å². The van der Waals surface area contributed by atoms with Crippen LogP contribution in [0, 0.1) is 5.82 Å². The van der Waals surface area contributed by atoms with Gasteiger partial charge in [-0.2, -0.15) is 9.40 Å². The van der Waals surface area contributed by atoms with E-state index in [1.54, 1.807) is 18.3 Å². The van der Waals surface area contributed by atoms with Crippen molar-refractivity contribution >= 4 is 21.8 Å². The maximum absolute atomic E-state index is 13.4. The Morgan fingerprint density at radius 2 is 1.81 bits per heavy atom. The molecule has 2 amide bonds. The summed E-state index contributed by atoms with van der Waals surface area (Å²) in [7, 11) is -3.96. The third kappa shape index (κ3) is 4.07. The summed E-state index contributed by atoms with van der Waals surface area (Å²) in [5.41, 5.74) is 5.73. The van der Waals surface area contributed by atoms with Crippen LogP contribution in [0.2, 0.25) is 0 Å². The SMILES string of the molecule is NC(=O)c1ccc(S(=O)(=O)N2CCN(C(=O)c3ccn(-c4cccc(F)c4)n3)CC2)o1. The number of hydrogen-bond acceptors (Lipinski definition) is 6. The molecule has 2 N–H and O–H groups in total.